The third-order valence-electron chi connectivity index (χ3n) is 9.82. The van der Waals surface area contributed by atoms with Gasteiger partial charge >= 0.3 is 0 Å². The fraction of sp³-hybridized carbons (Fsp3) is 0.0435. The standard InChI is InChI=1S/C46H34N4O/c1-2-3-4-16-40(47)33-14-6-5-13-32(33)30-20-22-44-37(26-30)34-15-7-8-19-43(34)50(44)31-21-23-45-38(27-31)39-28-35(41-17-9-11-24-48-41)36(29-46(39)51-45)42-18-10-12-25-49-42/h2-29,39,46H,1,47H2/b4-3-,40-16-. The van der Waals surface area contributed by atoms with Crippen molar-refractivity contribution >= 4 is 38.6 Å². The van der Waals surface area contributed by atoms with Crippen LogP contribution >= 0.6 is 0 Å². The molecule has 5 heteroatoms. The smallest absolute Gasteiger partial charge is 0.128 e. The van der Waals surface area contributed by atoms with Gasteiger partial charge in [-0.25, -0.2) is 0 Å². The molecule has 4 heterocycles. The van der Waals surface area contributed by atoms with Gasteiger partial charge < -0.3 is 15.0 Å². The van der Waals surface area contributed by atoms with Crippen molar-refractivity contribution in [1.82, 2.24) is 14.5 Å². The quantitative estimate of drug-likeness (QED) is 0.173. The van der Waals surface area contributed by atoms with Crippen molar-refractivity contribution in [1.29, 1.82) is 0 Å². The van der Waals surface area contributed by atoms with Crippen LogP contribution in [0.3, 0.4) is 0 Å². The van der Waals surface area contributed by atoms with E-state index in [1.807, 2.05) is 67.0 Å². The van der Waals surface area contributed by atoms with Gasteiger partial charge in [0.1, 0.15) is 11.9 Å². The molecule has 1 aliphatic carbocycles. The Morgan fingerprint density at radius 3 is 2.22 bits per heavy atom. The largest absolute Gasteiger partial charge is 0.485 e. The van der Waals surface area contributed by atoms with Crippen LogP contribution in [-0.2, 0) is 0 Å². The van der Waals surface area contributed by atoms with Crippen LogP contribution in [0, 0.1) is 0 Å². The van der Waals surface area contributed by atoms with Crippen LogP contribution in [-0.4, -0.2) is 20.6 Å². The third kappa shape index (κ3) is 5.27. The third-order valence-corrected chi connectivity index (χ3v) is 9.82. The highest BCUT2D eigenvalue weighted by Gasteiger charge is 2.37. The van der Waals surface area contributed by atoms with Gasteiger partial charge in [-0.3, -0.25) is 9.97 Å². The van der Waals surface area contributed by atoms with E-state index in [0.717, 1.165) is 67.3 Å². The Morgan fingerprint density at radius 1 is 0.706 bits per heavy atom. The fourth-order valence-electron chi connectivity index (χ4n) is 7.51. The van der Waals surface area contributed by atoms with Gasteiger partial charge in [0.2, 0.25) is 0 Å². The Labute approximate surface area is 296 Å². The summed E-state index contributed by atoms with van der Waals surface area (Å²) in [6, 6.07) is 42.3. The van der Waals surface area contributed by atoms with Gasteiger partial charge in [0, 0.05) is 62.7 Å². The molecule has 0 fully saturated rings. The first-order chi connectivity index (χ1) is 25.2. The predicted octanol–water partition coefficient (Wildman–Crippen LogP) is 10.3. The molecule has 0 amide bonds. The van der Waals surface area contributed by atoms with E-state index in [0.29, 0.717) is 5.70 Å². The summed E-state index contributed by atoms with van der Waals surface area (Å²) in [5.41, 5.74) is 18.9. The van der Waals surface area contributed by atoms with Crippen molar-refractivity contribution in [3.8, 4) is 22.6 Å². The first-order valence-corrected chi connectivity index (χ1v) is 17.1. The van der Waals surface area contributed by atoms with Gasteiger partial charge in [0.05, 0.1) is 22.4 Å². The number of aromatic nitrogens is 3. The van der Waals surface area contributed by atoms with Crippen molar-refractivity contribution in [2.24, 2.45) is 5.73 Å². The molecule has 2 aliphatic rings. The number of benzene rings is 4. The van der Waals surface area contributed by atoms with Gasteiger partial charge in [-0.1, -0.05) is 91.5 Å². The lowest BCUT2D eigenvalue weighted by Crippen LogP contribution is -2.19. The predicted molar refractivity (Wildman–Crippen MR) is 209 cm³/mol. The summed E-state index contributed by atoms with van der Waals surface area (Å²) in [7, 11) is 0. The van der Waals surface area contributed by atoms with Crippen molar-refractivity contribution in [2.45, 2.75) is 12.0 Å². The molecule has 3 aromatic heterocycles. The Kier molecular flexibility index (Phi) is 7.51. The van der Waals surface area contributed by atoms with Crippen molar-refractivity contribution < 1.29 is 4.74 Å². The van der Waals surface area contributed by atoms with Crippen LogP contribution in [0.2, 0.25) is 0 Å². The van der Waals surface area contributed by atoms with E-state index in [1.165, 1.54) is 10.8 Å². The molecule has 7 aromatic rings. The SMILES string of the molecule is C=C/C=C\C=C(/N)c1ccccc1-c1ccc2c(c1)c1ccccc1n2-c1ccc2c(c1)C1C=C(c3ccccn3)C(c3ccccn3)=CC1O2. The Balaban J connectivity index is 1.16. The zero-order chi connectivity index (χ0) is 34.3. The lowest BCUT2D eigenvalue weighted by atomic mass is 9.82. The molecule has 1 aliphatic heterocycles. The lowest BCUT2D eigenvalue weighted by molar-refractivity contribution is 0.270. The molecule has 0 spiro atoms. The minimum Gasteiger partial charge on any atom is -0.485 e. The molecule has 0 radical (unpaired) electrons. The zero-order valence-electron chi connectivity index (χ0n) is 27.9. The Bertz CT molecular complexity index is 2590. The number of hydrogen-bond donors (Lipinski definition) is 1. The van der Waals surface area contributed by atoms with E-state index >= 15 is 0 Å². The number of ether oxygens (including phenoxy) is 1. The molecule has 51 heavy (non-hydrogen) atoms. The highest BCUT2D eigenvalue weighted by molar-refractivity contribution is 6.11. The summed E-state index contributed by atoms with van der Waals surface area (Å²) >= 11 is 0. The minimum absolute atomic E-state index is 0.0282. The number of fused-ring (bicyclic) bond motifs is 6. The summed E-state index contributed by atoms with van der Waals surface area (Å²) in [5.74, 6) is 0.928. The topological polar surface area (TPSA) is 66.0 Å². The van der Waals surface area contributed by atoms with Crippen molar-refractivity contribution in [3.63, 3.8) is 0 Å². The van der Waals surface area contributed by atoms with E-state index in [-0.39, 0.29) is 12.0 Å². The second kappa shape index (κ2) is 12.6. The van der Waals surface area contributed by atoms with E-state index in [1.54, 1.807) is 6.08 Å². The molecule has 0 saturated carbocycles. The average Bonchev–Trinajstić information content (AvgIpc) is 3.72. The van der Waals surface area contributed by atoms with Gasteiger partial charge in [-0.05, 0) is 83.9 Å². The molecule has 2 N–H and O–H groups in total. The summed E-state index contributed by atoms with van der Waals surface area (Å²) in [6.07, 6.45) is 15.5. The molecular formula is C46H34N4O. The molecular weight excluding hydrogens is 625 g/mol. The fourth-order valence-corrected chi connectivity index (χ4v) is 7.51. The van der Waals surface area contributed by atoms with Crippen LogP contribution in [0.25, 0.3) is 55.5 Å². The number of pyridine rings is 2. The van der Waals surface area contributed by atoms with Crippen LogP contribution in [0.1, 0.15) is 28.4 Å². The van der Waals surface area contributed by atoms with E-state index in [9.17, 15) is 0 Å². The Morgan fingerprint density at radius 2 is 1.43 bits per heavy atom. The number of para-hydroxylation sites is 1. The summed E-state index contributed by atoms with van der Waals surface area (Å²) in [6.45, 7) is 3.76. The summed E-state index contributed by atoms with van der Waals surface area (Å²) < 4.78 is 8.98. The van der Waals surface area contributed by atoms with E-state index in [4.69, 9.17) is 20.4 Å². The van der Waals surface area contributed by atoms with Gasteiger partial charge in [0.25, 0.3) is 0 Å². The lowest BCUT2D eigenvalue weighted by Gasteiger charge is -2.23. The van der Waals surface area contributed by atoms with E-state index < -0.39 is 0 Å². The minimum atomic E-state index is -0.144. The number of allylic oxidation sites excluding steroid dienone is 6. The van der Waals surface area contributed by atoms with E-state index in [2.05, 4.69) is 108 Å². The van der Waals surface area contributed by atoms with Crippen LogP contribution < -0.4 is 10.5 Å². The summed E-state index contributed by atoms with van der Waals surface area (Å²) in [5, 5.41) is 2.37. The van der Waals surface area contributed by atoms with Gasteiger partial charge in [-0.15, -0.1) is 0 Å². The second-order valence-corrected chi connectivity index (χ2v) is 12.8. The zero-order valence-corrected chi connectivity index (χ0v) is 27.9. The molecule has 2 unspecified atom stereocenters. The Hall–Kier alpha value is -6.72. The van der Waals surface area contributed by atoms with Crippen LogP contribution in [0.5, 0.6) is 5.75 Å². The number of hydrogen-bond acceptors (Lipinski definition) is 4. The number of rotatable bonds is 7. The highest BCUT2D eigenvalue weighted by Crippen LogP contribution is 2.48. The molecule has 4 aromatic carbocycles. The van der Waals surface area contributed by atoms with Crippen LogP contribution in [0.15, 0.2) is 177 Å². The second-order valence-electron chi connectivity index (χ2n) is 12.8. The molecule has 0 saturated heterocycles. The van der Waals surface area contributed by atoms with Gasteiger partial charge in [-0.2, -0.15) is 0 Å². The molecule has 0 bridgehead atoms. The number of nitrogens with zero attached hydrogens (tertiary/aromatic N) is 3. The molecule has 9 rings (SSSR count). The average molecular weight is 659 g/mol. The summed E-state index contributed by atoms with van der Waals surface area (Å²) in [4.78, 5) is 9.43. The molecule has 244 valence electrons. The maximum Gasteiger partial charge on any atom is 0.128 e. The number of nitrogens with two attached hydrogens (primary N) is 1. The maximum absolute atomic E-state index is 6.62. The van der Waals surface area contributed by atoms with Crippen molar-refractivity contribution in [2.75, 3.05) is 0 Å². The first kappa shape index (κ1) is 30.3. The highest BCUT2D eigenvalue weighted by atomic mass is 16.5. The van der Waals surface area contributed by atoms with Crippen molar-refractivity contribution in [3.05, 3.63) is 199 Å². The monoisotopic (exact) mass is 658 g/mol. The normalized spacial score (nSPS) is 16.8. The molecule has 5 nitrogen and oxygen atoms in total. The van der Waals surface area contributed by atoms with Crippen LogP contribution in [0.4, 0.5) is 0 Å². The van der Waals surface area contributed by atoms with Gasteiger partial charge in [0.15, 0.2) is 0 Å². The molecule has 2 atom stereocenters. The first-order valence-electron chi connectivity index (χ1n) is 17.1. The maximum atomic E-state index is 6.62.